The van der Waals surface area contributed by atoms with Crippen LogP contribution in [0.2, 0.25) is 0 Å². The van der Waals surface area contributed by atoms with E-state index in [1.807, 2.05) is 6.20 Å². The standard InChI is InChI=1S/C8H13NO/c1-3-8-5-6-9(4-2)10-7-8/h5-7H,3-4H2,1-2H3. The minimum absolute atomic E-state index is 0.893. The Hall–Kier alpha value is -0.920. The first-order valence-corrected chi connectivity index (χ1v) is 3.67. The van der Waals surface area contributed by atoms with Gasteiger partial charge in [0.05, 0.1) is 6.54 Å². The number of nitrogens with zero attached hydrogens (tertiary/aromatic N) is 1. The molecule has 0 N–H and O–H groups in total. The molecule has 0 aliphatic carbocycles. The van der Waals surface area contributed by atoms with Gasteiger partial charge < -0.3 is 4.84 Å². The van der Waals surface area contributed by atoms with E-state index in [2.05, 4.69) is 19.9 Å². The van der Waals surface area contributed by atoms with Gasteiger partial charge in [0, 0.05) is 6.20 Å². The third-order valence-corrected chi connectivity index (χ3v) is 1.51. The third-order valence-electron chi connectivity index (χ3n) is 1.51. The second kappa shape index (κ2) is 3.30. The molecule has 0 unspecified atom stereocenters. The van der Waals surface area contributed by atoms with E-state index in [9.17, 15) is 0 Å². The lowest BCUT2D eigenvalue weighted by atomic mass is 10.2. The van der Waals surface area contributed by atoms with E-state index in [-0.39, 0.29) is 0 Å². The van der Waals surface area contributed by atoms with Crippen molar-refractivity contribution in [2.75, 3.05) is 6.54 Å². The van der Waals surface area contributed by atoms with Gasteiger partial charge in [0.1, 0.15) is 6.26 Å². The Kier molecular flexibility index (Phi) is 2.37. The summed E-state index contributed by atoms with van der Waals surface area (Å²) in [7, 11) is 0. The first kappa shape index (κ1) is 7.19. The van der Waals surface area contributed by atoms with E-state index in [0.717, 1.165) is 13.0 Å². The Morgan fingerprint density at radius 2 is 2.30 bits per heavy atom. The predicted octanol–water partition coefficient (Wildman–Crippen LogP) is 2.06. The number of hydrogen-bond donors (Lipinski definition) is 0. The van der Waals surface area contributed by atoms with Crippen molar-refractivity contribution >= 4 is 0 Å². The highest BCUT2D eigenvalue weighted by molar-refractivity contribution is 5.16. The van der Waals surface area contributed by atoms with E-state index in [4.69, 9.17) is 4.84 Å². The molecule has 0 aromatic carbocycles. The molecule has 1 rings (SSSR count). The third kappa shape index (κ3) is 1.53. The van der Waals surface area contributed by atoms with Crippen molar-refractivity contribution in [3.05, 3.63) is 24.1 Å². The van der Waals surface area contributed by atoms with E-state index in [1.54, 1.807) is 11.3 Å². The highest BCUT2D eigenvalue weighted by Crippen LogP contribution is 2.10. The fraction of sp³-hybridized carbons (Fsp3) is 0.500. The molecule has 0 saturated carbocycles. The van der Waals surface area contributed by atoms with Gasteiger partial charge in [-0.3, -0.25) is 0 Å². The van der Waals surface area contributed by atoms with Gasteiger partial charge in [0.25, 0.3) is 0 Å². The lowest BCUT2D eigenvalue weighted by molar-refractivity contribution is -0.0564. The summed E-state index contributed by atoms with van der Waals surface area (Å²) in [6.07, 6.45) is 6.86. The zero-order chi connectivity index (χ0) is 7.40. The molecule has 1 aliphatic rings. The van der Waals surface area contributed by atoms with Gasteiger partial charge in [0.15, 0.2) is 0 Å². The second-order valence-corrected chi connectivity index (χ2v) is 2.20. The van der Waals surface area contributed by atoms with Crippen LogP contribution in [-0.2, 0) is 4.84 Å². The highest BCUT2D eigenvalue weighted by Gasteiger charge is 2.00. The Morgan fingerprint density at radius 3 is 2.70 bits per heavy atom. The van der Waals surface area contributed by atoms with Crippen LogP contribution in [0.5, 0.6) is 0 Å². The molecule has 2 nitrogen and oxygen atoms in total. The fourth-order valence-corrected chi connectivity index (χ4v) is 0.770. The normalized spacial score (nSPS) is 16.6. The van der Waals surface area contributed by atoms with Crippen LogP contribution < -0.4 is 0 Å². The van der Waals surface area contributed by atoms with Crippen molar-refractivity contribution in [1.82, 2.24) is 5.06 Å². The Labute approximate surface area is 61.7 Å². The molecule has 10 heavy (non-hydrogen) atoms. The van der Waals surface area contributed by atoms with Crippen molar-refractivity contribution < 1.29 is 4.84 Å². The van der Waals surface area contributed by atoms with Gasteiger partial charge >= 0.3 is 0 Å². The van der Waals surface area contributed by atoms with Gasteiger partial charge in [-0.05, 0) is 25.0 Å². The molecule has 0 atom stereocenters. The van der Waals surface area contributed by atoms with Crippen molar-refractivity contribution in [3.63, 3.8) is 0 Å². The highest BCUT2D eigenvalue weighted by atomic mass is 16.7. The lowest BCUT2D eigenvalue weighted by Crippen LogP contribution is -2.16. The summed E-state index contributed by atoms with van der Waals surface area (Å²) < 4.78 is 0. The largest absolute Gasteiger partial charge is 0.388 e. The van der Waals surface area contributed by atoms with Crippen LogP contribution in [0, 0.1) is 0 Å². The van der Waals surface area contributed by atoms with Crippen molar-refractivity contribution in [2.24, 2.45) is 0 Å². The van der Waals surface area contributed by atoms with Crippen LogP contribution in [0.4, 0.5) is 0 Å². The summed E-state index contributed by atoms with van der Waals surface area (Å²) >= 11 is 0. The van der Waals surface area contributed by atoms with Crippen molar-refractivity contribution in [3.8, 4) is 0 Å². The Bertz CT molecular complexity index is 161. The summed E-state index contributed by atoms with van der Waals surface area (Å²) in [5.41, 5.74) is 1.24. The lowest BCUT2D eigenvalue weighted by Gasteiger charge is -2.19. The molecule has 1 aliphatic heterocycles. The zero-order valence-electron chi connectivity index (χ0n) is 6.50. The Morgan fingerprint density at radius 1 is 1.50 bits per heavy atom. The minimum Gasteiger partial charge on any atom is -0.388 e. The van der Waals surface area contributed by atoms with Crippen LogP contribution in [0.25, 0.3) is 0 Å². The summed E-state index contributed by atoms with van der Waals surface area (Å²) in [4.78, 5) is 5.22. The van der Waals surface area contributed by atoms with Crippen molar-refractivity contribution in [2.45, 2.75) is 20.3 Å². The maximum absolute atomic E-state index is 5.22. The van der Waals surface area contributed by atoms with Gasteiger partial charge in [0.2, 0.25) is 0 Å². The van der Waals surface area contributed by atoms with E-state index < -0.39 is 0 Å². The van der Waals surface area contributed by atoms with Crippen LogP contribution in [0.3, 0.4) is 0 Å². The van der Waals surface area contributed by atoms with Crippen molar-refractivity contribution in [1.29, 1.82) is 0 Å². The van der Waals surface area contributed by atoms with E-state index >= 15 is 0 Å². The molecule has 0 aromatic heterocycles. The predicted molar refractivity (Wildman–Crippen MR) is 41.0 cm³/mol. The molecule has 56 valence electrons. The number of hydrogen-bond acceptors (Lipinski definition) is 2. The summed E-state index contributed by atoms with van der Waals surface area (Å²) in [6.45, 7) is 5.06. The molecular weight excluding hydrogens is 126 g/mol. The van der Waals surface area contributed by atoms with Gasteiger partial charge in [-0.25, -0.2) is 5.06 Å². The summed E-state index contributed by atoms with van der Waals surface area (Å²) in [5.74, 6) is 0. The Balaban J connectivity index is 2.46. The molecule has 1 heterocycles. The summed E-state index contributed by atoms with van der Waals surface area (Å²) in [5, 5.41) is 1.79. The number of hydroxylamine groups is 2. The summed E-state index contributed by atoms with van der Waals surface area (Å²) in [6, 6.07) is 0. The molecular formula is C8H13NO. The first-order chi connectivity index (χ1) is 4.86. The maximum atomic E-state index is 5.22. The van der Waals surface area contributed by atoms with Gasteiger partial charge in [-0.15, -0.1) is 0 Å². The number of allylic oxidation sites excluding steroid dienone is 2. The maximum Gasteiger partial charge on any atom is 0.122 e. The van der Waals surface area contributed by atoms with E-state index in [0.29, 0.717) is 0 Å². The van der Waals surface area contributed by atoms with Crippen LogP contribution >= 0.6 is 0 Å². The van der Waals surface area contributed by atoms with Crippen LogP contribution in [-0.4, -0.2) is 11.6 Å². The van der Waals surface area contributed by atoms with Gasteiger partial charge in [-0.1, -0.05) is 6.92 Å². The monoisotopic (exact) mass is 139 g/mol. The molecule has 0 radical (unpaired) electrons. The smallest absolute Gasteiger partial charge is 0.122 e. The quantitative estimate of drug-likeness (QED) is 0.580. The average molecular weight is 139 g/mol. The van der Waals surface area contributed by atoms with E-state index in [1.165, 1.54) is 5.57 Å². The SMILES string of the molecule is CCC1=CON(CC)C=C1. The molecule has 0 amide bonds. The molecule has 0 saturated heterocycles. The molecule has 0 spiro atoms. The minimum atomic E-state index is 0.893. The van der Waals surface area contributed by atoms with Crippen LogP contribution in [0.1, 0.15) is 20.3 Å². The average Bonchev–Trinajstić information content (AvgIpc) is 2.05. The topological polar surface area (TPSA) is 12.5 Å². The van der Waals surface area contributed by atoms with Gasteiger partial charge in [-0.2, -0.15) is 0 Å². The molecule has 0 aromatic rings. The second-order valence-electron chi connectivity index (χ2n) is 2.20. The number of rotatable bonds is 2. The first-order valence-electron chi connectivity index (χ1n) is 3.67. The molecule has 0 fully saturated rings. The molecule has 2 heteroatoms. The van der Waals surface area contributed by atoms with Crippen LogP contribution in [0.15, 0.2) is 24.1 Å². The fourth-order valence-electron chi connectivity index (χ4n) is 0.770. The molecule has 0 bridgehead atoms. The zero-order valence-corrected chi connectivity index (χ0v) is 6.50.